The first-order chi connectivity index (χ1) is 25.0. The summed E-state index contributed by atoms with van der Waals surface area (Å²) in [5.41, 5.74) is 4.76. The Bertz CT molecular complexity index is 1820. The number of aromatic amines is 1. The van der Waals surface area contributed by atoms with Crippen molar-refractivity contribution in [3.63, 3.8) is 0 Å². The zero-order valence-corrected chi connectivity index (χ0v) is 33.2. The molecule has 1 aromatic carbocycles. The molecule has 4 unspecified atom stereocenters. The quantitative estimate of drug-likeness (QED) is 0.0581. The maximum absolute atomic E-state index is 13.9. The van der Waals surface area contributed by atoms with Crippen LogP contribution in [0.4, 0.5) is 10.5 Å². The zero-order valence-electron chi connectivity index (χ0n) is 33.2. The van der Waals surface area contributed by atoms with Gasteiger partial charge < -0.3 is 9.64 Å². The van der Waals surface area contributed by atoms with Gasteiger partial charge >= 0.3 is 6.09 Å². The molecule has 11 heteroatoms. The fourth-order valence-electron chi connectivity index (χ4n) is 7.94. The van der Waals surface area contributed by atoms with Gasteiger partial charge in [0.05, 0.1) is 19.7 Å². The van der Waals surface area contributed by atoms with Gasteiger partial charge in [0, 0.05) is 11.1 Å². The van der Waals surface area contributed by atoms with Gasteiger partial charge in [-0.15, -0.1) is 0 Å². The second-order valence-electron chi connectivity index (χ2n) is 17.0. The number of nitrogens with zero attached hydrogens (tertiary/aromatic N) is 4. The van der Waals surface area contributed by atoms with Crippen LogP contribution in [0.15, 0.2) is 18.2 Å². The lowest BCUT2D eigenvalue weighted by atomic mass is 9.57. The standard InChI is InChI=1S/C42H57N5O6/c1-14-49-51-18-16-46(17-19-52-50-15-2)40(48)53-39-36(43-13)34(26-33-30(20-27(3)4)21-29(6)24-35(33)42(10,11)12)38-44-37(45-47(38)39)31-22-28(5)23-32(25-31)41(7,8)9/h1-2,22-23,25,27,29-30,33,35H,16-21,24,26H2,3-12H3,(H,44,45). The Labute approximate surface area is 315 Å². The van der Waals surface area contributed by atoms with Crippen LogP contribution in [0.1, 0.15) is 98.3 Å². The molecule has 1 N–H and O–H groups in total. The first-order valence-electron chi connectivity index (χ1n) is 18.6. The summed E-state index contributed by atoms with van der Waals surface area (Å²) >= 11 is 0. The monoisotopic (exact) mass is 727 g/mol. The van der Waals surface area contributed by atoms with E-state index in [1.807, 2.05) is 12.2 Å². The van der Waals surface area contributed by atoms with Gasteiger partial charge in [-0.05, 0) is 90.7 Å². The van der Waals surface area contributed by atoms with E-state index >= 15 is 0 Å². The van der Waals surface area contributed by atoms with Crippen LogP contribution in [0.3, 0.4) is 0 Å². The molecule has 0 radical (unpaired) electrons. The maximum Gasteiger partial charge on any atom is 0.415 e. The van der Waals surface area contributed by atoms with E-state index in [0.717, 1.165) is 36.0 Å². The molecule has 1 saturated carbocycles. The van der Waals surface area contributed by atoms with Gasteiger partial charge in [0.25, 0.3) is 5.69 Å². The largest absolute Gasteiger partial charge is 0.415 e. The van der Waals surface area contributed by atoms with Gasteiger partial charge in [-0.25, -0.2) is 19.1 Å². The van der Waals surface area contributed by atoms with Crippen LogP contribution in [0.25, 0.3) is 21.9 Å². The predicted molar refractivity (Wildman–Crippen MR) is 205 cm³/mol. The molecular weight excluding hydrogens is 670 g/mol. The third kappa shape index (κ3) is 10.3. The number of aromatic nitrogens is 3. The highest BCUT2D eigenvalue weighted by Gasteiger charge is 2.43. The number of fused-ring (bicyclic) bond motifs is 1. The molecule has 1 fully saturated rings. The van der Waals surface area contributed by atoms with Crippen molar-refractivity contribution in [1.29, 1.82) is 0 Å². The van der Waals surface area contributed by atoms with Crippen LogP contribution >= 0.6 is 0 Å². The minimum absolute atomic E-state index is 0.0339. The third-order valence-electron chi connectivity index (χ3n) is 10.3. The highest BCUT2D eigenvalue weighted by Crippen LogP contribution is 2.51. The molecular formula is C42H57N5O6. The Kier molecular flexibility index (Phi) is 13.6. The molecule has 286 valence electrons. The molecule has 53 heavy (non-hydrogen) atoms. The molecule has 0 aliphatic heterocycles. The fraction of sp³-hybridized carbons (Fsp3) is 0.595. The molecule has 0 bridgehead atoms. The molecule has 4 rings (SSSR count). The molecule has 1 aliphatic carbocycles. The summed E-state index contributed by atoms with van der Waals surface area (Å²) in [7, 11) is 0. The number of carbonyl (C=O) groups is 1. The van der Waals surface area contributed by atoms with E-state index in [1.165, 1.54) is 10.5 Å². The van der Waals surface area contributed by atoms with E-state index in [9.17, 15) is 4.79 Å². The van der Waals surface area contributed by atoms with Crippen LogP contribution in [0, 0.1) is 73.6 Å². The average molecular weight is 728 g/mol. The van der Waals surface area contributed by atoms with Crippen molar-refractivity contribution in [2.45, 2.75) is 100 Å². The summed E-state index contributed by atoms with van der Waals surface area (Å²) in [6.07, 6.45) is 17.4. The van der Waals surface area contributed by atoms with Crippen LogP contribution in [-0.2, 0) is 31.4 Å². The molecule has 0 spiro atoms. The highest BCUT2D eigenvalue weighted by molar-refractivity contribution is 5.80. The number of H-pyrrole nitrogens is 1. The number of aryl methyl sites for hydroxylation is 1. The Morgan fingerprint density at radius 1 is 1.08 bits per heavy atom. The zero-order chi connectivity index (χ0) is 39.1. The maximum atomic E-state index is 13.9. The van der Waals surface area contributed by atoms with Crippen LogP contribution < -0.4 is 4.74 Å². The fourth-order valence-corrected chi connectivity index (χ4v) is 7.94. The van der Waals surface area contributed by atoms with Gasteiger partial charge in [-0.3, -0.25) is 14.9 Å². The number of rotatable bonds is 14. The number of amides is 1. The number of hydrogen-bond acceptors (Lipinski definition) is 7. The number of hydrogen-bond donors (Lipinski definition) is 1. The summed E-state index contributed by atoms with van der Waals surface area (Å²) in [6, 6.07) is 6.41. The lowest BCUT2D eigenvalue weighted by Crippen LogP contribution is -2.40. The Morgan fingerprint density at radius 2 is 1.72 bits per heavy atom. The minimum atomic E-state index is -0.743. The molecule has 0 saturated heterocycles. The summed E-state index contributed by atoms with van der Waals surface area (Å²) < 4.78 is 7.79. The van der Waals surface area contributed by atoms with Crippen molar-refractivity contribution in [3.05, 3.63) is 46.3 Å². The molecule has 4 atom stereocenters. The number of terminal acetylenes is 2. The van der Waals surface area contributed by atoms with Crippen molar-refractivity contribution in [2.24, 2.45) is 35.0 Å². The third-order valence-corrected chi connectivity index (χ3v) is 10.3. The lowest BCUT2D eigenvalue weighted by molar-refractivity contribution is -0.244. The van der Waals surface area contributed by atoms with Crippen molar-refractivity contribution in [2.75, 3.05) is 26.3 Å². The van der Waals surface area contributed by atoms with E-state index in [1.54, 1.807) is 4.52 Å². The summed E-state index contributed by atoms with van der Waals surface area (Å²) in [6.45, 7) is 30.9. The predicted octanol–water partition coefficient (Wildman–Crippen LogP) is 9.28. The first-order valence-corrected chi connectivity index (χ1v) is 18.6. The molecule has 2 heterocycles. The highest BCUT2D eigenvalue weighted by atomic mass is 17.2. The van der Waals surface area contributed by atoms with Crippen molar-refractivity contribution in [1.82, 2.24) is 19.5 Å². The summed E-state index contributed by atoms with van der Waals surface area (Å²) in [5, 5.41) is 3.41. The van der Waals surface area contributed by atoms with Crippen molar-refractivity contribution < 1.29 is 29.1 Å². The smallest absolute Gasteiger partial charge is 0.402 e. The van der Waals surface area contributed by atoms with E-state index in [0.29, 0.717) is 47.5 Å². The normalized spacial score (nSPS) is 19.0. The minimum Gasteiger partial charge on any atom is -0.402 e. The number of carbonyl (C=O) groups excluding carboxylic acids is 1. The van der Waals surface area contributed by atoms with Crippen LogP contribution in [0.5, 0.6) is 5.88 Å². The van der Waals surface area contributed by atoms with Crippen molar-refractivity contribution in [3.8, 4) is 42.3 Å². The molecule has 3 aromatic rings. The number of nitrogens with one attached hydrogen (secondary N) is 1. The SMILES string of the molecule is [C-]#[N+]c1c(CC2C(CC(C)C)CC(C)CC2C(C)(C)C)c2nc(-c3cc(C)cc(C(C)(C)C)c3)[nH]n2c1OC(=O)N(CCOOC#C)CCOOC#C. The van der Waals surface area contributed by atoms with Gasteiger partial charge in [0.15, 0.2) is 18.0 Å². The molecule has 1 amide bonds. The number of ether oxygens (including phenoxy) is 1. The second-order valence-corrected chi connectivity index (χ2v) is 17.0. The summed E-state index contributed by atoms with van der Waals surface area (Å²) in [4.78, 5) is 43.5. The van der Waals surface area contributed by atoms with E-state index in [4.69, 9.17) is 38.9 Å². The Hall–Kier alpha value is -4.63. The van der Waals surface area contributed by atoms with Crippen LogP contribution in [0.2, 0.25) is 0 Å². The van der Waals surface area contributed by atoms with Gasteiger partial charge in [-0.1, -0.05) is 86.8 Å². The van der Waals surface area contributed by atoms with Crippen LogP contribution in [-0.4, -0.2) is 51.9 Å². The number of benzene rings is 1. The molecule has 2 aromatic heterocycles. The second kappa shape index (κ2) is 17.5. The molecule has 1 aliphatic rings. The molecule has 11 nitrogen and oxygen atoms in total. The van der Waals surface area contributed by atoms with E-state index in [2.05, 4.69) is 107 Å². The Balaban J connectivity index is 1.87. The first kappa shape index (κ1) is 41.1. The van der Waals surface area contributed by atoms with Gasteiger partial charge in [-0.2, -0.15) is 9.78 Å². The average Bonchev–Trinajstić information content (AvgIpc) is 3.61. The van der Waals surface area contributed by atoms with Crippen molar-refractivity contribution >= 4 is 17.4 Å². The van der Waals surface area contributed by atoms with E-state index in [-0.39, 0.29) is 48.7 Å². The Morgan fingerprint density at radius 3 is 2.26 bits per heavy atom. The summed E-state index contributed by atoms with van der Waals surface area (Å²) in [5.74, 6) is 3.02. The van der Waals surface area contributed by atoms with Gasteiger partial charge in [0.2, 0.25) is 5.88 Å². The topological polar surface area (TPSA) is 104 Å². The lowest BCUT2D eigenvalue weighted by Gasteiger charge is -2.48. The van der Waals surface area contributed by atoms with Gasteiger partial charge in [0.1, 0.15) is 18.9 Å². The van der Waals surface area contributed by atoms with E-state index < -0.39 is 6.09 Å².